The highest BCUT2D eigenvalue weighted by molar-refractivity contribution is 5.64. The Morgan fingerprint density at radius 3 is 2.17 bits per heavy atom. The topological polar surface area (TPSA) is 38.1 Å². The van der Waals surface area contributed by atoms with Crippen molar-refractivity contribution in [1.82, 2.24) is 10.3 Å². The van der Waals surface area contributed by atoms with Crippen molar-refractivity contribution in [2.75, 3.05) is 13.1 Å². The van der Waals surface area contributed by atoms with Crippen molar-refractivity contribution in [2.24, 2.45) is 5.92 Å². The van der Waals surface area contributed by atoms with E-state index in [9.17, 15) is 0 Å². The molecule has 0 spiro atoms. The molecule has 4 rings (SSSR count). The van der Waals surface area contributed by atoms with Crippen molar-refractivity contribution in [3.8, 4) is 22.8 Å². The van der Waals surface area contributed by atoms with Gasteiger partial charge in [0.1, 0.15) is 0 Å². The van der Waals surface area contributed by atoms with Crippen LogP contribution in [0.2, 0.25) is 0 Å². The molecule has 0 radical (unpaired) electrons. The third-order valence-electron chi connectivity index (χ3n) is 4.69. The second kappa shape index (κ2) is 7.02. The lowest BCUT2D eigenvalue weighted by atomic mass is 9.92. The number of hydrogen-bond acceptors (Lipinski definition) is 3. The van der Waals surface area contributed by atoms with E-state index in [1.54, 1.807) is 0 Å². The van der Waals surface area contributed by atoms with Crippen LogP contribution >= 0.6 is 0 Å². The number of oxazole rings is 1. The quantitative estimate of drug-likeness (QED) is 0.767. The van der Waals surface area contributed by atoms with Gasteiger partial charge < -0.3 is 9.73 Å². The van der Waals surface area contributed by atoms with Crippen molar-refractivity contribution in [3.63, 3.8) is 0 Å². The van der Waals surface area contributed by atoms with Crippen molar-refractivity contribution in [2.45, 2.75) is 19.3 Å². The summed E-state index contributed by atoms with van der Waals surface area (Å²) in [5, 5.41) is 3.43. The number of nitrogens with one attached hydrogen (secondary N) is 1. The zero-order valence-corrected chi connectivity index (χ0v) is 13.7. The van der Waals surface area contributed by atoms with Crippen LogP contribution in [0.3, 0.4) is 0 Å². The largest absolute Gasteiger partial charge is 0.436 e. The van der Waals surface area contributed by atoms with E-state index < -0.39 is 0 Å². The van der Waals surface area contributed by atoms with E-state index in [1.165, 1.54) is 12.8 Å². The maximum Gasteiger partial charge on any atom is 0.227 e. The van der Waals surface area contributed by atoms with Crippen LogP contribution < -0.4 is 5.32 Å². The van der Waals surface area contributed by atoms with Crippen LogP contribution in [0.15, 0.2) is 65.1 Å². The molecule has 122 valence electrons. The van der Waals surface area contributed by atoms with Gasteiger partial charge in [-0.05, 0) is 50.4 Å². The zero-order valence-electron chi connectivity index (χ0n) is 13.7. The summed E-state index contributed by atoms with van der Waals surface area (Å²) in [6, 6.07) is 20.5. The van der Waals surface area contributed by atoms with Gasteiger partial charge in [-0.2, -0.15) is 0 Å². The Morgan fingerprint density at radius 1 is 0.875 bits per heavy atom. The summed E-state index contributed by atoms with van der Waals surface area (Å²) in [4.78, 5) is 4.86. The summed E-state index contributed by atoms with van der Waals surface area (Å²) in [6.45, 7) is 2.21. The first-order valence-electron chi connectivity index (χ1n) is 8.71. The van der Waals surface area contributed by atoms with E-state index >= 15 is 0 Å². The van der Waals surface area contributed by atoms with Crippen LogP contribution in [0.4, 0.5) is 0 Å². The molecule has 1 aliphatic heterocycles. The molecule has 2 aromatic carbocycles. The highest BCUT2D eigenvalue weighted by Gasteiger charge is 2.21. The van der Waals surface area contributed by atoms with Crippen LogP contribution in [-0.4, -0.2) is 18.1 Å². The molecular formula is C21H22N2O. The molecule has 2 heterocycles. The minimum Gasteiger partial charge on any atom is -0.436 e. The smallest absolute Gasteiger partial charge is 0.227 e. The third kappa shape index (κ3) is 3.26. The van der Waals surface area contributed by atoms with Gasteiger partial charge in [0, 0.05) is 11.1 Å². The van der Waals surface area contributed by atoms with Gasteiger partial charge in [0.2, 0.25) is 5.89 Å². The second-order valence-corrected chi connectivity index (χ2v) is 6.42. The molecule has 0 unspecified atom stereocenters. The Bertz CT molecular complexity index is 774. The fourth-order valence-corrected chi connectivity index (χ4v) is 3.37. The summed E-state index contributed by atoms with van der Waals surface area (Å²) in [7, 11) is 0. The third-order valence-corrected chi connectivity index (χ3v) is 4.69. The summed E-state index contributed by atoms with van der Waals surface area (Å²) in [5.74, 6) is 2.33. The van der Waals surface area contributed by atoms with E-state index in [2.05, 4.69) is 29.6 Å². The number of nitrogens with zero attached hydrogens (tertiary/aromatic N) is 1. The molecule has 1 N–H and O–H groups in total. The molecule has 1 aromatic heterocycles. The Kier molecular flexibility index (Phi) is 4.43. The average Bonchev–Trinajstić information content (AvgIpc) is 3.08. The monoisotopic (exact) mass is 318 g/mol. The van der Waals surface area contributed by atoms with Gasteiger partial charge in [0.05, 0.1) is 5.69 Å². The van der Waals surface area contributed by atoms with Crippen molar-refractivity contribution in [1.29, 1.82) is 0 Å². The predicted molar refractivity (Wildman–Crippen MR) is 96.7 cm³/mol. The molecule has 0 saturated carbocycles. The van der Waals surface area contributed by atoms with Crippen LogP contribution in [0, 0.1) is 5.92 Å². The van der Waals surface area contributed by atoms with Gasteiger partial charge >= 0.3 is 0 Å². The van der Waals surface area contributed by atoms with Gasteiger partial charge in [-0.25, -0.2) is 4.98 Å². The molecule has 0 aliphatic carbocycles. The molecule has 1 saturated heterocycles. The predicted octanol–water partition coefficient (Wildman–Crippen LogP) is 4.55. The summed E-state index contributed by atoms with van der Waals surface area (Å²) < 4.78 is 6.20. The first-order valence-corrected chi connectivity index (χ1v) is 8.71. The van der Waals surface area contributed by atoms with Gasteiger partial charge in [-0.3, -0.25) is 0 Å². The van der Waals surface area contributed by atoms with Crippen LogP contribution in [0.25, 0.3) is 22.8 Å². The van der Waals surface area contributed by atoms with E-state index in [0.717, 1.165) is 48.0 Å². The average molecular weight is 318 g/mol. The van der Waals surface area contributed by atoms with Crippen LogP contribution in [-0.2, 0) is 6.42 Å². The molecule has 1 aliphatic rings. The molecule has 24 heavy (non-hydrogen) atoms. The second-order valence-electron chi connectivity index (χ2n) is 6.42. The van der Waals surface area contributed by atoms with Crippen molar-refractivity contribution < 1.29 is 4.42 Å². The van der Waals surface area contributed by atoms with Crippen molar-refractivity contribution >= 4 is 0 Å². The van der Waals surface area contributed by atoms with Gasteiger partial charge in [0.15, 0.2) is 5.76 Å². The Hall–Kier alpha value is -2.39. The molecular weight excluding hydrogens is 296 g/mol. The van der Waals surface area contributed by atoms with Crippen LogP contribution in [0.5, 0.6) is 0 Å². The van der Waals surface area contributed by atoms with E-state index in [4.69, 9.17) is 9.40 Å². The fraction of sp³-hybridized carbons (Fsp3) is 0.286. The van der Waals surface area contributed by atoms with Gasteiger partial charge in [0.25, 0.3) is 0 Å². The number of benzene rings is 2. The van der Waals surface area contributed by atoms with E-state index in [-0.39, 0.29) is 0 Å². The zero-order chi connectivity index (χ0) is 16.2. The van der Waals surface area contributed by atoms with E-state index in [1.807, 2.05) is 36.4 Å². The molecule has 3 nitrogen and oxygen atoms in total. The molecule has 3 heteroatoms. The SMILES string of the molecule is c1ccc(-c2nc(CC3CCNCC3)c(-c3ccccc3)o2)cc1. The number of piperidine rings is 1. The first-order chi connectivity index (χ1) is 11.9. The maximum absolute atomic E-state index is 6.20. The highest BCUT2D eigenvalue weighted by atomic mass is 16.4. The molecule has 1 fully saturated rings. The number of rotatable bonds is 4. The normalized spacial score (nSPS) is 15.5. The summed E-state index contributed by atoms with van der Waals surface area (Å²) in [6.07, 6.45) is 3.41. The number of hydrogen-bond donors (Lipinski definition) is 1. The standard InChI is InChI=1S/C21H22N2O/c1-3-7-17(8-4-1)20-19(15-16-11-13-22-14-12-16)23-21(24-20)18-9-5-2-6-10-18/h1-10,16,22H,11-15H2. The maximum atomic E-state index is 6.20. The molecule has 0 amide bonds. The highest BCUT2D eigenvalue weighted by Crippen LogP contribution is 2.32. The van der Waals surface area contributed by atoms with Crippen LogP contribution in [0.1, 0.15) is 18.5 Å². The minimum absolute atomic E-state index is 0.683. The Balaban J connectivity index is 1.71. The van der Waals surface area contributed by atoms with E-state index in [0.29, 0.717) is 5.92 Å². The summed E-state index contributed by atoms with van der Waals surface area (Å²) >= 11 is 0. The van der Waals surface area contributed by atoms with Crippen molar-refractivity contribution in [3.05, 3.63) is 66.4 Å². The Labute approximate surface area is 142 Å². The molecule has 0 bridgehead atoms. The molecule has 0 atom stereocenters. The van der Waals surface area contributed by atoms with Gasteiger partial charge in [-0.15, -0.1) is 0 Å². The number of aromatic nitrogens is 1. The lowest BCUT2D eigenvalue weighted by Crippen LogP contribution is -2.28. The fourth-order valence-electron chi connectivity index (χ4n) is 3.37. The summed E-state index contributed by atoms with van der Waals surface area (Å²) in [5.41, 5.74) is 3.23. The molecule has 3 aromatic rings. The van der Waals surface area contributed by atoms with Gasteiger partial charge in [-0.1, -0.05) is 48.5 Å². The first kappa shape index (κ1) is 15.2. The lowest BCUT2D eigenvalue weighted by molar-refractivity contribution is 0.370. The lowest BCUT2D eigenvalue weighted by Gasteiger charge is -2.21. The minimum atomic E-state index is 0.683. The Morgan fingerprint density at radius 2 is 1.50 bits per heavy atom.